The third-order valence-corrected chi connectivity index (χ3v) is 6.36. The SMILES string of the molecule is CCOC(=O)c1cc(NS(=O)(=O)c2c(Cl)cccc2Cl)ccc1Oc1cncc(Cl)c1. The zero-order valence-electron chi connectivity index (χ0n) is 15.9. The van der Waals surface area contributed by atoms with Gasteiger partial charge < -0.3 is 9.47 Å². The van der Waals surface area contributed by atoms with Gasteiger partial charge in [0.2, 0.25) is 0 Å². The van der Waals surface area contributed by atoms with Gasteiger partial charge in [0.1, 0.15) is 22.0 Å². The summed E-state index contributed by atoms with van der Waals surface area (Å²) in [5, 5.41) is 0.259. The Labute approximate surface area is 193 Å². The number of anilines is 1. The van der Waals surface area contributed by atoms with Gasteiger partial charge in [-0.1, -0.05) is 40.9 Å². The lowest BCUT2D eigenvalue weighted by Gasteiger charge is -2.14. The number of hydrogen-bond acceptors (Lipinski definition) is 6. The summed E-state index contributed by atoms with van der Waals surface area (Å²) in [4.78, 5) is 16.1. The lowest BCUT2D eigenvalue weighted by molar-refractivity contribution is 0.0523. The largest absolute Gasteiger partial charge is 0.462 e. The molecule has 0 unspecified atom stereocenters. The quantitative estimate of drug-likeness (QED) is 0.410. The Bertz CT molecular complexity index is 1210. The fourth-order valence-electron chi connectivity index (χ4n) is 2.57. The number of hydrogen-bond donors (Lipinski definition) is 1. The maximum absolute atomic E-state index is 12.8. The van der Waals surface area contributed by atoms with E-state index in [0.717, 1.165) is 0 Å². The number of aromatic nitrogens is 1. The third kappa shape index (κ3) is 5.59. The Hall–Kier alpha value is -2.52. The number of carbonyl (C=O) groups is 1. The normalized spacial score (nSPS) is 11.1. The minimum absolute atomic E-state index is 0.00715. The highest BCUT2D eigenvalue weighted by molar-refractivity contribution is 7.93. The zero-order valence-corrected chi connectivity index (χ0v) is 19.0. The van der Waals surface area contributed by atoms with E-state index < -0.39 is 16.0 Å². The molecule has 0 fully saturated rings. The van der Waals surface area contributed by atoms with Crippen LogP contribution in [-0.2, 0) is 14.8 Å². The minimum Gasteiger partial charge on any atom is -0.462 e. The van der Waals surface area contributed by atoms with E-state index in [4.69, 9.17) is 44.3 Å². The van der Waals surface area contributed by atoms with Crippen LogP contribution in [0.5, 0.6) is 11.5 Å². The van der Waals surface area contributed by atoms with Crippen molar-refractivity contribution in [1.29, 1.82) is 0 Å². The highest BCUT2D eigenvalue weighted by Gasteiger charge is 2.23. The summed E-state index contributed by atoms with van der Waals surface area (Å²) in [7, 11) is -4.14. The summed E-state index contributed by atoms with van der Waals surface area (Å²) < 4.78 is 38.7. The number of rotatable bonds is 7. The van der Waals surface area contributed by atoms with Crippen molar-refractivity contribution in [2.45, 2.75) is 11.8 Å². The van der Waals surface area contributed by atoms with Gasteiger partial charge in [-0.05, 0) is 37.3 Å². The summed E-state index contributed by atoms with van der Waals surface area (Å²) in [6.45, 7) is 1.76. The van der Waals surface area contributed by atoms with Crippen molar-refractivity contribution in [3.05, 3.63) is 75.5 Å². The Morgan fingerprint density at radius 2 is 1.77 bits per heavy atom. The lowest BCUT2D eigenvalue weighted by Crippen LogP contribution is -2.15. The molecule has 0 spiro atoms. The Morgan fingerprint density at radius 3 is 2.42 bits per heavy atom. The summed E-state index contributed by atoms with van der Waals surface area (Å²) in [6, 6.07) is 9.97. The van der Waals surface area contributed by atoms with Crippen LogP contribution in [0, 0.1) is 0 Å². The van der Waals surface area contributed by atoms with E-state index in [0.29, 0.717) is 5.02 Å². The third-order valence-electron chi connectivity index (χ3n) is 3.82. The van der Waals surface area contributed by atoms with Crippen molar-refractivity contribution in [2.24, 2.45) is 0 Å². The Balaban J connectivity index is 1.98. The molecule has 7 nitrogen and oxygen atoms in total. The number of nitrogens with zero attached hydrogens (tertiary/aromatic N) is 1. The number of halogens is 3. The average Bonchev–Trinajstić information content (AvgIpc) is 2.69. The summed E-state index contributed by atoms with van der Waals surface area (Å²) in [5.74, 6) is -0.292. The first-order valence-corrected chi connectivity index (χ1v) is 11.4. The Morgan fingerprint density at radius 1 is 1.06 bits per heavy atom. The smallest absolute Gasteiger partial charge is 0.342 e. The predicted octanol–water partition coefficient (Wildman–Crippen LogP) is 5.81. The summed E-state index contributed by atoms with van der Waals surface area (Å²) in [5.41, 5.74) is 0.0721. The molecule has 3 rings (SSSR count). The highest BCUT2D eigenvalue weighted by Crippen LogP contribution is 2.33. The van der Waals surface area contributed by atoms with Crippen molar-refractivity contribution >= 4 is 56.5 Å². The minimum atomic E-state index is -4.14. The maximum Gasteiger partial charge on any atom is 0.342 e. The molecule has 3 aromatic rings. The van der Waals surface area contributed by atoms with Crippen LogP contribution in [0.1, 0.15) is 17.3 Å². The van der Waals surface area contributed by atoms with E-state index >= 15 is 0 Å². The molecule has 0 saturated heterocycles. The molecular formula is C20H15Cl3N2O5S. The van der Waals surface area contributed by atoms with Crippen molar-refractivity contribution in [3.63, 3.8) is 0 Å². The van der Waals surface area contributed by atoms with Gasteiger partial charge in [0.25, 0.3) is 10.0 Å². The molecule has 162 valence electrons. The second-order valence-corrected chi connectivity index (χ2v) is 8.90. The van der Waals surface area contributed by atoms with Crippen molar-refractivity contribution in [2.75, 3.05) is 11.3 Å². The molecule has 2 aromatic carbocycles. The molecule has 1 N–H and O–H groups in total. The molecule has 11 heteroatoms. The molecule has 0 saturated carbocycles. The molecule has 0 atom stereocenters. The predicted molar refractivity (Wildman–Crippen MR) is 119 cm³/mol. The van der Waals surface area contributed by atoms with Crippen LogP contribution >= 0.6 is 34.8 Å². The molecule has 0 bridgehead atoms. The molecule has 0 aliphatic heterocycles. The lowest BCUT2D eigenvalue weighted by atomic mass is 10.2. The standard InChI is InChI=1S/C20H15Cl3N2O5S/c1-2-29-20(26)15-9-13(6-7-18(15)30-14-8-12(21)10-24-11-14)25-31(27,28)19-16(22)4-3-5-17(19)23/h3-11,25H,2H2,1H3. The van der Waals surface area contributed by atoms with Crippen LogP contribution in [0.3, 0.4) is 0 Å². The first-order valence-electron chi connectivity index (χ1n) is 8.77. The molecule has 31 heavy (non-hydrogen) atoms. The van der Waals surface area contributed by atoms with Crippen LogP contribution < -0.4 is 9.46 Å². The van der Waals surface area contributed by atoms with Crippen molar-refractivity contribution < 1.29 is 22.7 Å². The van der Waals surface area contributed by atoms with Crippen LogP contribution in [0.2, 0.25) is 15.1 Å². The van der Waals surface area contributed by atoms with E-state index in [-0.39, 0.29) is 44.3 Å². The maximum atomic E-state index is 12.8. The fraction of sp³-hybridized carbons (Fsp3) is 0.100. The number of esters is 1. The molecule has 0 radical (unpaired) electrons. The van der Waals surface area contributed by atoms with Gasteiger partial charge >= 0.3 is 5.97 Å². The van der Waals surface area contributed by atoms with Crippen LogP contribution in [0.25, 0.3) is 0 Å². The summed E-state index contributed by atoms with van der Waals surface area (Å²) in [6.07, 6.45) is 2.84. The number of sulfonamides is 1. The average molecular weight is 502 g/mol. The van der Waals surface area contributed by atoms with Gasteiger partial charge in [-0.15, -0.1) is 0 Å². The van der Waals surface area contributed by atoms with Gasteiger partial charge in [-0.2, -0.15) is 0 Å². The van der Waals surface area contributed by atoms with Crippen LogP contribution in [0.4, 0.5) is 5.69 Å². The topological polar surface area (TPSA) is 94.6 Å². The van der Waals surface area contributed by atoms with Crippen LogP contribution in [-0.4, -0.2) is 26.0 Å². The molecule has 0 aliphatic rings. The first-order chi connectivity index (χ1) is 14.7. The number of benzene rings is 2. The van der Waals surface area contributed by atoms with Crippen LogP contribution in [0.15, 0.2) is 59.8 Å². The van der Waals surface area contributed by atoms with E-state index in [2.05, 4.69) is 9.71 Å². The zero-order chi connectivity index (χ0) is 22.6. The van der Waals surface area contributed by atoms with Gasteiger partial charge in [-0.3, -0.25) is 9.71 Å². The van der Waals surface area contributed by atoms with Gasteiger partial charge in [-0.25, -0.2) is 13.2 Å². The van der Waals surface area contributed by atoms with E-state index in [9.17, 15) is 13.2 Å². The van der Waals surface area contributed by atoms with Crippen molar-refractivity contribution in [3.8, 4) is 11.5 Å². The number of carbonyl (C=O) groups excluding carboxylic acids is 1. The molecule has 0 amide bonds. The van der Waals surface area contributed by atoms with Gasteiger partial charge in [0, 0.05) is 18.0 Å². The number of nitrogens with one attached hydrogen (secondary N) is 1. The summed E-state index contributed by atoms with van der Waals surface area (Å²) >= 11 is 17.9. The van der Waals surface area contributed by atoms with E-state index in [1.165, 1.54) is 54.9 Å². The Kier molecular flexibility index (Phi) is 7.27. The van der Waals surface area contributed by atoms with E-state index in [1.54, 1.807) is 6.92 Å². The van der Waals surface area contributed by atoms with E-state index in [1.807, 2.05) is 0 Å². The highest BCUT2D eigenvalue weighted by atomic mass is 35.5. The monoisotopic (exact) mass is 500 g/mol. The van der Waals surface area contributed by atoms with Crippen molar-refractivity contribution in [1.82, 2.24) is 4.98 Å². The molecule has 0 aliphatic carbocycles. The number of ether oxygens (including phenoxy) is 2. The second kappa shape index (κ2) is 9.74. The second-order valence-electron chi connectivity index (χ2n) is 6.03. The molecule has 1 aromatic heterocycles. The van der Waals surface area contributed by atoms with Gasteiger partial charge in [0.05, 0.1) is 27.9 Å². The first kappa shape index (κ1) is 23.1. The number of pyridine rings is 1. The van der Waals surface area contributed by atoms with Gasteiger partial charge in [0.15, 0.2) is 0 Å². The fourth-order valence-corrected chi connectivity index (χ4v) is 4.93. The molecular weight excluding hydrogens is 487 g/mol. The molecule has 1 heterocycles.